The number of hydrogen-bond acceptors (Lipinski definition) is 5. The van der Waals surface area contributed by atoms with Crippen LogP contribution in [0.2, 0.25) is 0 Å². The second kappa shape index (κ2) is 9.89. The van der Waals surface area contributed by atoms with Crippen LogP contribution in [0.15, 0.2) is 24.3 Å². The van der Waals surface area contributed by atoms with Gasteiger partial charge >= 0.3 is 5.97 Å². The molecular formula is C16H24N2O4. The van der Waals surface area contributed by atoms with Crippen LogP contribution in [0.4, 0.5) is 5.69 Å². The molecule has 0 spiro atoms. The van der Waals surface area contributed by atoms with Gasteiger partial charge in [-0.05, 0) is 25.0 Å². The van der Waals surface area contributed by atoms with E-state index in [0.29, 0.717) is 24.8 Å². The third-order valence-electron chi connectivity index (χ3n) is 3.36. The number of nitrogens with zero attached hydrogens (tertiary/aromatic N) is 1. The maximum atomic E-state index is 11.8. The van der Waals surface area contributed by atoms with Crippen LogP contribution in [0.5, 0.6) is 0 Å². The highest BCUT2D eigenvalue weighted by Gasteiger charge is 2.11. The summed E-state index contributed by atoms with van der Waals surface area (Å²) in [6, 6.07) is 5.88. The lowest BCUT2D eigenvalue weighted by Crippen LogP contribution is -2.32. The molecule has 0 aliphatic heterocycles. The summed E-state index contributed by atoms with van der Waals surface area (Å²) < 4.78 is 5.16. The zero-order valence-electron chi connectivity index (χ0n) is 13.2. The molecule has 1 rings (SSSR count). The Morgan fingerprint density at radius 2 is 1.82 bits per heavy atom. The van der Waals surface area contributed by atoms with Crippen molar-refractivity contribution in [3.05, 3.63) is 39.9 Å². The predicted molar refractivity (Wildman–Crippen MR) is 85.0 cm³/mol. The number of rotatable bonds is 10. The third kappa shape index (κ3) is 6.22. The van der Waals surface area contributed by atoms with E-state index < -0.39 is 10.9 Å². The second-order valence-corrected chi connectivity index (χ2v) is 5.17. The van der Waals surface area contributed by atoms with Crippen LogP contribution in [-0.2, 0) is 4.74 Å². The lowest BCUT2D eigenvalue weighted by molar-refractivity contribution is -0.384. The van der Waals surface area contributed by atoms with Gasteiger partial charge in [0.2, 0.25) is 0 Å². The van der Waals surface area contributed by atoms with Crippen molar-refractivity contribution in [2.75, 3.05) is 13.2 Å². The highest BCUT2D eigenvalue weighted by Crippen LogP contribution is 2.12. The molecule has 0 heterocycles. The number of hydrogen-bond donors (Lipinski definition) is 1. The smallest absolute Gasteiger partial charge is 0.338 e. The average molecular weight is 308 g/mol. The summed E-state index contributed by atoms with van der Waals surface area (Å²) in [5.41, 5.74) is 0.282. The van der Waals surface area contributed by atoms with E-state index in [9.17, 15) is 14.9 Å². The summed E-state index contributed by atoms with van der Waals surface area (Å²) in [6.07, 6.45) is 4.48. The molecule has 0 radical (unpaired) electrons. The van der Waals surface area contributed by atoms with Crippen molar-refractivity contribution in [3.63, 3.8) is 0 Å². The maximum Gasteiger partial charge on any atom is 0.338 e. The molecule has 6 heteroatoms. The number of non-ortho nitro benzene ring substituents is 1. The molecule has 0 aliphatic carbocycles. The minimum absolute atomic E-state index is 0.0415. The van der Waals surface area contributed by atoms with Gasteiger partial charge in [-0.3, -0.25) is 10.1 Å². The standard InChI is InChI=1S/C16H24N2O4/c1-3-5-14(6-4-2)17-11-12-22-16(19)13-7-9-15(10-8-13)18(20)21/h7-10,14,17H,3-6,11-12H2,1-2H3. The van der Waals surface area contributed by atoms with E-state index >= 15 is 0 Å². The van der Waals surface area contributed by atoms with E-state index in [0.717, 1.165) is 25.7 Å². The van der Waals surface area contributed by atoms with Gasteiger partial charge in [0.25, 0.3) is 5.69 Å². The van der Waals surface area contributed by atoms with Gasteiger partial charge in [0, 0.05) is 24.7 Å². The van der Waals surface area contributed by atoms with Crippen molar-refractivity contribution in [1.82, 2.24) is 5.32 Å². The number of ether oxygens (including phenoxy) is 1. The van der Waals surface area contributed by atoms with Gasteiger partial charge in [-0.1, -0.05) is 26.7 Å². The van der Waals surface area contributed by atoms with Crippen LogP contribution in [0.1, 0.15) is 49.9 Å². The van der Waals surface area contributed by atoms with E-state index in [1.807, 2.05) is 0 Å². The van der Waals surface area contributed by atoms with Crippen molar-refractivity contribution in [2.45, 2.75) is 45.6 Å². The number of nitro groups is 1. The van der Waals surface area contributed by atoms with Crippen molar-refractivity contribution in [2.24, 2.45) is 0 Å². The molecule has 1 N–H and O–H groups in total. The Balaban J connectivity index is 2.34. The molecule has 122 valence electrons. The molecule has 22 heavy (non-hydrogen) atoms. The Morgan fingerprint density at radius 3 is 2.32 bits per heavy atom. The quantitative estimate of drug-likeness (QED) is 0.310. The Labute approximate surface area is 131 Å². The van der Waals surface area contributed by atoms with E-state index in [2.05, 4.69) is 19.2 Å². The molecule has 0 aliphatic rings. The summed E-state index contributed by atoms with van der Waals surface area (Å²) >= 11 is 0. The predicted octanol–water partition coefficient (Wildman–Crippen LogP) is 3.31. The molecule has 0 amide bonds. The minimum Gasteiger partial charge on any atom is -0.461 e. The molecule has 6 nitrogen and oxygen atoms in total. The van der Waals surface area contributed by atoms with Gasteiger partial charge in [0.15, 0.2) is 0 Å². The Hall–Kier alpha value is -1.95. The zero-order valence-corrected chi connectivity index (χ0v) is 13.2. The molecule has 0 aromatic heterocycles. The lowest BCUT2D eigenvalue weighted by atomic mass is 10.1. The fourth-order valence-electron chi connectivity index (χ4n) is 2.25. The first kappa shape index (κ1) is 18.1. The average Bonchev–Trinajstić information content (AvgIpc) is 2.51. The number of esters is 1. The highest BCUT2D eigenvalue weighted by molar-refractivity contribution is 5.89. The molecule has 0 atom stereocenters. The molecule has 0 saturated carbocycles. The fraction of sp³-hybridized carbons (Fsp3) is 0.562. The number of nitro benzene ring substituents is 1. The maximum absolute atomic E-state index is 11.8. The van der Waals surface area contributed by atoms with Crippen molar-refractivity contribution in [1.29, 1.82) is 0 Å². The van der Waals surface area contributed by atoms with Crippen molar-refractivity contribution < 1.29 is 14.5 Å². The van der Waals surface area contributed by atoms with Crippen LogP contribution in [0, 0.1) is 10.1 Å². The third-order valence-corrected chi connectivity index (χ3v) is 3.36. The normalized spacial score (nSPS) is 10.7. The number of carbonyl (C=O) groups is 1. The van der Waals surface area contributed by atoms with Gasteiger partial charge in [-0.15, -0.1) is 0 Å². The summed E-state index contributed by atoms with van der Waals surface area (Å²) in [5.74, 6) is -0.459. The minimum atomic E-state index is -0.499. The monoisotopic (exact) mass is 308 g/mol. The summed E-state index contributed by atoms with van der Waals surface area (Å²) in [7, 11) is 0. The number of benzene rings is 1. The molecule has 1 aromatic rings. The Morgan fingerprint density at radius 1 is 1.23 bits per heavy atom. The van der Waals surface area contributed by atoms with Crippen LogP contribution < -0.4 is 5.32 Å². The number of nitrogens with one attached hydrogen (secondary N) is 1. The van der Waals surface area contributed by atoms with E-state index in [4.69, 9.17) is 4.74 Å². The van der Waals surface area contributed by atoms with E-state index in [-0.39, 0.29) is 5.69 Å². The summed E-state index contributed by atoms with van der Waals surface area (Å²) in [6.45, 7) is 5.21. The van der Waals surface area contributed by atoms with E-state index in [1.165, 1.54) is 24.3 Å². The first-order valence-corrected chi connectivity index (χ1v) is 7.73. The SMILES string of the molecule is CCCC(CCC)NCCOC(=O)c1ccc([N+](=O)[O-])cc1. The van der Waals surface area contributed by atoms with Gasteiger partial charge < -0.3 is 10.1 Å². The molecular weight excluding hydrogens is 284 g/mol. The molecule has 0 fully saturated rings. The van der Waals surface area contributed by atoms with E-state index in [1.54, 1.807) is 0 Å². The van der Waals surface area contributed by atoms with Crippen LogP contribution >= 0.6 is 0 Å². The fourth-order valence-corrected chi connectivity index (χ4v) is 2.25. The highest BCUT2D eigenvalue weighted by atomic mass is 16.6. The Bertz CT molecular complexity index is 468. The van der Waals surface area contributed by atoms with Gasteiger partial charge in [0.1, 0.15) is 6.61 Å². The molecule has 1 aromatic carbocycles. The topological polar surface area (TPSA) is 81.5 Å². The summed E-state index contributed by atoms with van der Waals surface area (Å²) in [4.78, 5) is 21.8. The first-order valence-electron chi connectivity index (χ1n) is 7.73. The zero-order chi connectivity index (χ0) is 16.4. The molecule has 0 bridgehead atoms. The molecule has 0 unspecified atom stereocenters. The summed E-state index contributed by atoms with van der Waals surface area (Å²) in [5, 5.41) is 13.9. The van der Waals surface area contributed by atoms with Crippen LogP contribution in [0.3, 0.4) is 0 Å². The largest absolute Gasteiger partial charge is 0.461 e. The van der Waals surface area contributed by atoms with Crippen molar-refractivity contribution in [3.8, 4) is 0 Å². The lowest BCUT2D eigenvalue weighted by Gasteiger charge is -2.17. The second-order valence-electron chi connectivity index (χ2n) is 5.17. The van der Waals surface area contributed by atoms with Crippen molar-refractivity contribution >= 4 is 11.7 Å². The Kier molecular flexibility index (Phi) is 8.14. The van der Waals surface area contributed by atoms with Crippen LogP contribution in [0.25, 0.3) is 0 Å². The van der Waals surface area contributed by atoms with Crippen LogP contribution in [-0.4, -0.2) is 30.1 Å². The van der Waals surface area contributed by atoms with Gasteiger partial charge in [-0.25, -0.2) is 4.79 Å². The first-order chi connectivity index (χ1) is 10.6. The number of carbonyl (C=O) groups excluding carboxylic acids is 1. The van der Waals surface area contributed by atoms with Gasteiger partial charge in [-0.2, -0.15) is 0 Å². The molecule has 0 saturated heterocycles. The van der Waals surface area contributed by atoms with Gasteiger partial charge in [0.05, 0.1) is 10.5 Å².